The summed E-state index contributed by atoms with van der Waals surface area (Å²) in [5.74, 6) is -1.18. The molecule has 0 saturated heterocycles. The third-order valence-electron chi connectivity index (χ3n) is 5.04. The van der Waals surface area contributed by atoms with Gasteiger partial charge in [-0.15, -0.1) is 0 Å². The predicted octanol–water partition coefficient (Wildman–Crippen LogP) is 2.39. The van der Waals surface area contributed by atoms with Crippen molar-refractivity contribution in [2.45, 2.75) is 37.8 Å². The van der Waals surface area contributed by atoms with Crippen LogP contribution in [-0.4, -0.2) is 32.4 Å². The number of carbonyl (C=O) groups excluding carboxylic acids is 1. The van der Waals surface area contributed by atoms with E-state index < -0.39 is 11.7 Å². The minimum atomic E-state index is -0.767. The molecular formula is C19H22FN7O. The van der Waals surface area contributed by atoms with E-state index in [1.807, 2.05) is 16.8 Å². The summed E-state index contributed by atoms with van der Waals surface area (Å²) in [5, 5.41) is 6.15. The molecule has 0 radical (unpaired) electrons. The van der Waals surface area contributed by atoms with Gasteiger partial charge in [0.2, 0.25) is 0 Å². The summed E-state index contributed by atoms with van der Waals surface area (Å²) in [5.41, 5.74) is 12.9. The standard InChI is InChI=1S/C19H22FN7O/c20-13-10-12(17(22)28)18(24-11-5-7-27-8-6-23-16(27)9-11)26-19(13)25-15-4-2-1-3-14(15)21/h5-10,14-15H,1-4,21H2,(H2,22,28)(H2,24,25,26)/t14-,15+/m0/s1. The lowest BCUT2D eigenvalue weighted by Gasteiger charge is -2.30. The maximum absolute atomic E-state index is 14.6. The fourth-order valence-corrected chi connectivity index (χ4v) is 3.51. The van der Waals surface area contributed by atoms with Crippen LogP contribution >= 0.6 is 0 Å². The van der Waals surface area contributed by atoms with E-state index in [4.69, 9.17) is 11.5 Å². The molecule has 0 aromatic carbocycles. The summed E-state index contributed by atoms with van der Waals surface area (Å²) < 4.78 is 16.4. The molecule has 1 saturated carbocycles. The van der Waals surface area contributed by atoms with Gasteiger partial charge in [-0.3, -0.25) is 4.79 Å². The highest BCUT2D eigenvalue weighted by molar-refractivity contribution is 5.98. The van der Waals surface area contributed by atoms with E-state index in [0.29, 0.717) is 5.69 Å². The van der Waals surface area contributed by atoms with Crippen LogP contribution in [-0.2, 0) is 0 Å². The van der Waals surface area contributed by atoms with E-state index in [1.54, 1.807) is 18.3 Å². The van der Waals surface area contributed by atoms with E-state index in [0.717, 1.165) is 37.4 Å². The fraction of sp³-hybridized carbons (Fsp3) is 0.316. The molecule has 4 rings (SSSR count). The molecule has 28 heavy (non-hydrogen) atoms. The van der Waals surface area contributed by atoms with Crippen LogP contribution in [0, 0.1) is 5.82 Å². The average molecular weight is 383 g/mol. The van der Waals surface area contributed by atoms with E-state index in [-0.39, 0.29) is 29.3 Å². The summed E-state index contributed by atoms with van der Waals surface area (Å²) in [6.07, 6.45) is 9.14. The number of nitrogens with zero attached hydrogens (tertiary/aromatic N) is 3. The number of hydrogen-bond donors (Lipinski definition) is 4. The van der Waals surface area contributed by atoms with Crippen molar-refractivity contribution in [2.24, 2.45) is 11.5 Å². The van der Waals surface area contributed by atoms with Gasteiger partial charge < -0.3 is 26.5 Å². The van der Waals surface area contributed by atoms with Gasteiger partial charge in [0.1, 0.15) is 11.5 Å². The number of anilines is 3. The van der Waals surface area contributed by atoms with Crippen molar-refractivity contribution in [3.05, 3.63) is 48.2 Å². The van der Waals surface area contributed by atoms with E-state index in [2.05, 4.69) is 20.6 Å². The Hall–Kier alpha value is -3.20. The Morgan fingerprint density at radius 2 is 2.04 bits per heavy atom. The zero-order valence-corrected chi connectivity index (χ0v) is 15.2. The third kappa shape index (κ3) is 3.61. The minimum absolute atomic E-state index is 0.0285. The first-order valence-electron chi connectivity index (χ1n) is 9.23. The van der Waals surface area contributed by atoms with Crippen molar-refractivity contribution in [1.82, 2.24) is 14.4 Å². The van der Waals surface area contributed by atoms with Crippen molar-refractivity contribution in [2.75, 3.05) is 10.6 Å². The van der Waals surface area contributed by atoms with Crippen LogP contribution in [0.3, 0.4) is 0 Å². The Balaban J connectivity index is 1.66. The van der Waals surface area contributed by atoms with Gasteiger partial charge in [-0.05, 0) is 25.0 Å². The number of pyridine rings is 2. The molecule has 3 aromatic heterocycles. The SMILES string of the molecule is NC(=O)c1cc(F)c(N[C@@H]2CCCC[C@@H]2N)nc1Nc1ccn2ccnc2c1. The van der Waals surface area contributed by atoms with Gasteiger partial charge in [0.25, 0.3) is 5.91 Å². The number of nitrogens with two attached hydrogens (primary N) is 2. The Bertz CT molecular complexity index is 1020. The summed E-state index contributed by atoms with van der Waals surface area (Å²) in [6.45, 7) is 0. The number of halogens is 1. The number of nitrogens with one attached hydrogen (secondary N) is 2. The first-order valence-corrected chi connectivity index (χ1v) is 9.23. The van der Waals surface area contributed by atoms with Crippen molar-refractivity contribution in [1.29, 1.82) is 0 Å². The second-order valence-electron chi connectivity index (χ2n) is 7.01. The highest BCUT2D eigenvalue weighted by atomic mass is 19.1. The molecule has 1 amide bonds. The Labute approximate surface area is 161 Å². The Morgan fingerprint density at radius 1 is 1.21 bits per heavy atom. The second kappa shape index (κ2) is 7.43. The van der Waals surface area contributed by atoms with Gasteiger partial charge in [-0.1, -0.05) is 12.8 Å². The lowest BCUT2D eigenvalue weighted by Crippen LogP contribution is -2.43. The van der Waals surface area contributed by atoms with Crippen LogP contribution in [0.25, 0.3) is 5.65 Å². The molecule has 1 aliphatic carbocycles. The number of fused-ring (bicyclic) bond motifs is 1. The van der Waals surface area contributed by atoms with Gasteiger partial charge in [-0.2, -0.15) is 0 Å². The number of carbonyl (C=O) groups is 1. The molecule has 0 unspecified atom stereocenters. The topological polar surface area (TPSA) is 123 Å². The average Bonchev–Trinajstić information content (AvgIpc) is 3.13. The number of primary amides is 1. The molecule has 8 nitrogen and oxygen atoms in total. The van der Waals surface area contributed by atoms with Crippen molar-refractivity contribution in [3.8, 4) is 0 Å². The van der Waals surface area contributed by atoms with Crippen LogP contribution in [0.2, 0.25) is 0 Å². The summed E-state index contributed by atoms with van der Waals surface area (Å²) in [4.78, 5) is 20.3. The molecule has 3 heterocycles. The molecule has 6 N–H and O–H groups in total. The Kier molecular flexibility index (Phi) is 4.82. The lowest BCUT2D eigenvalue weighted by molar-refractivity contribution is 0.100. The number of imidazole rings is 1. The first kappa shape index (κ1) is 18.2. The lowest BCUT2D eigenvalue weighted by atomic mass is 9.91. The van der Waals surface area contributed by atoms with Crippen LogP contribution in [0.5, 0.6) is 0 Å². The maximum atomic E-state index is 14.6. The molecule has 0 spiro atoms. The van der Waals surface area contributed by atoms with Crippen molar-refractivity contribution in [3.63, 3.8) is 0 Å². The normalized spacial score (nSPS) is 19.5. The van der Waals surface area contributed by atoms with Crippen LogP contribution in [0.15, 0.2) is 36.8 Å². The molecule has 0 aliphatic heterocycles. The van der Waals surface area contributed by atoms with E-state index in [9.17, 15) is 9.18 Å². The zero-order valence-electron chi connectivity index (χ0n) is 15.2. The zero-order chi connectivity index (χ0) is 19.7. The number of rotatable bonds is 5. The minimum Gasteiger partial charge on any atom is -0.365 e. The smallest absolute Gasteiger partial charge is 0.252 e. The van der Waals surface area contributed by atoms with Gasteiger partial charge in [-0.25, -0.2) is 14.4 Å². The molecular weight excluding hydrogens is 361 g/mol. The quantitative estimate of drug-likeness (QED) is 0.536. The predicted molar refractivity (Wildman–Crippen MR) is 105 cm³/mol. The molecule has 2 atom stereocenters. The van der Waals surface area contributed by atoms with Crippen molar-refractivity contribution < 1.29 is 9.18 Å². The highest BCUT2D eigenvalue weighted by Crippen LogP contribution is 2.27. The monoisotopic (exact) mass is 383 g/mol. The van der Waals surface area contributed by atoms with E-state index >= 15 is 0 Å². The van der Waals surface area contributed by atoms with Crippen molar-refractivity contribution >= 4 is 28.9 Å². The molecule has 3 aromatic rings. The molecule has 0 bridgehead atoms. The molecule has 146 valence electrons. The second-order valence-corrected chi connectivity index (χ2v) is 7.01. The first-order chi connectivity index (χ1) is 13.5. The number of hydrogen-bond acceptors (Lipinski definition) is 6. The fourth-order valence-electron chi connectivity index (χ4n) is 3.51. The molecule has 1 fully saturated rings. The van der Waals surface area contributed by atoms with Gasteiger partial charge >= 0.3 is 0 Å². The Morgan fingerprint density at radius 3 is 2.82 bits per heavy atom. The van der Waals surface area contributed by atoms with Crippen LogP contribution < -0.4 is 22.1 Å². The van der Waals surface area contributed by atoms with E-state index in [1.165, 1.54) is 0 Å². The molecule has 9 heteroatoms. The summed E-state index contributed by atoms with van der Waals surface area (Å²) in [7, 11) is 0. The summed E-state index contributed by atoms with van der Waals surface area (Å²) >= 11 is 0. The number of aromatic nitrogens is 3. The summed E-state index contributed by atoms with van der Waals surface area (Å²) in [6, 6.07) is 4.56. The van der Waals surface area contributed by atoms with Gasteiger partial charge in [0, 0.05) is 42.4 Å². The maximum Gasteiger partial charge on any atom is 0.252 e. The van der Waals surface area contributed by atoms with Gasteiger partial charge in [0.15, 0.2) is 11.6 Å². The van der Waals surface area contributed by atoms with Crippen LogP contribution in [0.1, 0.15) is 36.0 Å². The van der Waals surface area contributed by atoms with Gasteiger partial charge in [0.05, 0.1) is 5.56 Å². The number of amides is 1. The largest absolute Gasteiger partial charge is 0.365 e. The molecule has 1 aliphatic rings. The third-order valence-corrected chi connectivity index (χ3v) is 5.04. The van der Waals surface area contributed by atoms with Crippen LogP contribution in [0.4, 0.5) is 21.7 Å². The highest BCUT2D eigenvalue weighted by Gasteiger charge is 2.24.